The van der Waals surface area contributed by atoms with Crippen LogP contribution in [0.4, 0.5) is 0 Å². The third kappa shape index (κ3) is 17.3. The van der Waals surface area contributed by atoms with Crippen LogP contribution in [0.5, 0.6) is 0 Å². The van der Waals surface area contributed by atoms with Crippen LogP contribution in [0.2, 0.25) is 0 Å². The fraction of sp³-hybridized carbons (Fsp3) is 0.769. The Morgan fingerprint density at radius 3 is 1.42 bits per heavy atom. The normalized spacial score (nSPS) is 9.95. The average molecular weight is 292 g/mol. The van der Waals surface area contributed by atoms with Crippen LogP contribution >= 0.6 is 0 Å². The van der Waals surface area contributed by atoms with Crippen LogP contribution in [-0.4, -0.2) is 40.4 Å². The Morgan fingerprint density at radius 2 is 1.26 bits per heavy atom. The monoisotopic (exact) mass is 292 g/mol. The van der Waals surface area contributed by atoms with E-state index in [1.807, 2.05) is 0 Å². The second-order valence-electron chi connectivity index (χ2n) is 3.99. The molecule has 0 aromatic carbocycles. The largest absolute Gasteiger partial charge is 0.484 e. The molecule has 6 heteroatoms. The smallest absolute Gasteiger partial charge is 0.478 e. The van der Waals surface area contributed by atoms with E-state index in [2.05, 4.69) is 27.4 Å². The number of carbonyl (C=O) groups is 1. The van der Waals surface area contributed by atoms with E-state index < -0.39 is 15.5 Å². The summed E-state index contributed by atoms with van der Waals surface area (Å²) in [4.78, 5) is 9.60. The zero-order chi connectivity index (χ0) is 15.1. The Hall–Kier alpha value is -0.693. The van der Waals surface area contributed by atoms with Crippen LogP contribution in [0.3, 0.4) is 0 Å². The van der Waals surface area contributed by atoms with Crippen LogP contribution in [0, 0.1) is 0 Å². The summed E-state index contributed by atoms with van der Waals surface area (Å²) < 4.78 is 16.5. The first-order valence-corrected chi connectivity index (χ1v) is 8.14. The van der Waals surface area contributed by atoms with Crippen molar-refractivity contribution in [3.8, 4) is 0 Å². The summed E-state index contributed by atoms with van der Waals surface area (Å²) in [6, 6.07) is 0. The minimum absolute atomic E-state index is 0.176. The predicted molar refractivity (Wildman–Crippen MR) is 78.3 cm³/mol. The molecule has 5 nitrogen and oxygen atoms in total. The van der Waals surface area contributed by atoms with E-state index in [0.29, 0.717) is 0 Å². The molecule has 0 aromatic rings. The van der Waals surface area contributed by atoms with Gasteiger partial charge >= 0.3 is 15.5 Å². The van der Waals surface area contributed by atoms with Crippen molar-refractivity contribution in [3.63, 3.8) is 0 Å². The summed E-state index contributed by atoms with van der Waals surface area (Å²) in [6.45, 7) is 13.1. The number of hydrogen-bond acceptors (Lipinski definition) is 4. The molecule has 0 radical (unpaired) electrons. The summed E-state index contributed by atoms with van der Waals surface area (Å²) in [6.07, 6.45) is 3.07. The number of hydrogen-bond donors (Lipinski definition) is 1. The summed E-state index contributed by atoms with van der Waals surface area (Å²) in [5.41, 5.74) is 0.176. The number of rotatable bonds is 10. The van der Waals surface area contributed by atoms with Gasteiger partial charge in [0, 0.05) is 25.4 Å². The van der Waals surface area contributed by atoms with Crippen molar-refractivity contribution in [3.05, 3.63) is 12.2 Å². The van der Waals surface area contributed by atoms with Crippen LogP contribution in [0.25, 0.3) is 0 Å². The van der Waals surface area contributed by atoms with Crippen LogP contribution in [0.1, 0.15) is 47.0 Å². The Morgan fingerprint density at radius 1 is 1.00 bits per heavy atom. The second kappa shape index (κ2) is 15.4. The maximum Gasteiger partial charge on any atom is 0.484 e. The molecule has 1 N–H and O–H groups in total. The third-order valence-electron chi connectivity index (χ3n) is 1.74. The summed E-state index contributed by atoms with van der Waals surface area (Å²) in [5.74, 6) is -0.935. The van der Waals surface area contributed by atoms with Crippen molar-refractivity contribution in [2.24, 2.45) is 0 Å². The van der Waals surface area contributed by atoms with Gasteiger partial charge in [-0.2, -0.15) is 0 Å². The molecule has 0 saturated heterocycles. The molecule has 0 aromatic heterocycles. The van der Waals surface area contributed by atoms with Gasteiger partial charge in [0.25, 0.3) is 0 Å². The molecule has 0 saturated carbocycles. The molecule has 0 bridgehead atoms. The highest BCUT2D eigenvalue weighted by Gasteiger charge is 2.13. The highest BCUT2D eigenvalue weighted by Crippen LogP contribution is 1.96. The number of carboxylic acids is 1. The third-order valence-corrected chi connectivity index (χ3v) is 3.26. The number of carboxylic acid groups (broad SMARTS) is 1. The van der Waals surface area contributed by atoms with Gasteiger partial charge in [0.2, 0.25) is 0 Å². The fourth-order valence-electron chi connectivity index (χ4n) is 0.787. The van der Waals surface area contributed by atoms with Gasteiger partial charge < -0.3 is 18.4 Å². The van der Waals surface area contributed by atoms with Gasteiger partial charge in [-0.25, -0.2) is 4.79 Å². The van der Waals surface area contributed by atoms with E-state index in [-0.39, 0.29) is 5.57 Å². The lowest BCUT2D eigenvalue weighted by molar-refractivity contribution is -0.132. The van der Waals surface area contributed by atoms with Gasteiger partial charge in [-0.3, -0.25) is 0 Å². The molecule has 0 aliphatic rings. The summed E-state index contributed by atoms with van der Waals surface area (Å²) >= 11 is 0. The zero-order valence-electron chi connectivity index (χ0n) is 12.6. The molecule has 0 amide bonds. The summed E-state index contributed by atoms with van der Waals surface area (Å²) in [5, 5.41) is 7.89. The summed E-state index contributed by atoms with van der Waals surface area (Å²) in [7, 11) is -1.79. The van der Waals surface area contributed by atoms with Crippen LogP contribution in [-0.2, 0) is 18.1 Å². The van der Waals surface area contributed by atoms with Crippen molar-refractivity contribution < 1.29 is 23.2 Å². The predicted octanol–water partition coefficient (Wildman–Crippen LogP) is 2.63. The van der Waals surface area contributed by atoms with Crippen molar-refractivity contribution in [1.29, 1.82) is 0 Å². The van der Waals surface area contributed by atoms with E-state index in [9.17, 15) is 4.79 Å². The van der Waals surface area contributed by atoms with E-state index in [4.69, 9.17) is 18.4 Å². The highest BCUT2D eigenvalue weighted by molar-refractivity contribution is 6.36. The molecule has 0 rings (SSSR count). The Kier molecular flexibility index (Phi) is 16.7. The molecule has 0 spiro atoms. The molecule has 0 aliphatic heterocycles. The fourth-order valence-corrected chi connectivity index (χ4v) is 2.36. The number of aliphatic carboxylic acids is 1. The molecule has 19 heavy (non-hydrogen) atoms. The first-order chi connectivity index (χ1) is 8.99. The SMILES string of the molecule is C=C(C)C(=O)O.CCCO[SiH](OCCC)OCCC. The second-order valence-corrected chi connectivity index (χ2v) is 5.56. The van der Waals surface area contributed by atoms with E-state index in [0.717, 1.165) is 39.1 Å². The molecule has 114 valence electrons. The first kappa shape index (κ1) is 20.6. The van der Waals surface area contributed by atoms with Crippen molar-refractivity contribution in [2.45, 2.75) is 47.0 Å². The zero-order valence-corrected chi connectivity index (χ0v) is 13.8. The molecular weight excluding hydrogens is 264 g/mol. The van der Waals surface area contributed by atoms with E-state index >= 15 is 0 Å². The Labute approximate surface area is 118 Å². The maximum atomic E-state index is 9.60. The molecule has 0 atom stereocenters. The van der Waals surface area contributed by atoms with Crippen molar-refractivity contribution in [1.82, 2.24) is 0 Å². The molecule has 0 fully saturated rings. The van der Waals surface area contributed by atoms with Crippen LogP contribution < -0.4 is 0 Å². The Bertz CT molecular complexity index is 202. The quantitative estimate of drug-likeness (QED) is 0.495. The lowest BCUT2D eigenvalue weighted by atomic mass is 10.4. The average Bonchev–Trinajstić information content (AvgIpc) is 2.38. The minimum atomic E-state index is -1.79. The van der Waals surface area contributed by atoms with Gasteiger partial charge in [0.1, 0.15) is 0 Å². The van der Waals surface area contributed by atoms with E-state index in [1.165, 1.54) is 6.92 Å². The van der Waals surface area contributed by atoms with Gasteiger partial charge in [0.15, 0.2) is 0 Å². The van der Waals surface area contributed by atoms with E-state index in [1.54, 1.807) is 0 Å². The topological polar surface area (TPSA) is 65.0 Å². The van der Waals surface area contributed by atoms with Gasteiger partial charge in [-0.15, -0.1) is 0 Å². The standard InChI is InChI=1S/C9H22O3Si.C4H6O2/c1-4-7-10-13(11-8-5-2)12-9-6-3;1-3(2)4(5)6/h13H,4-9H2,1-3H3;1H2,2H3,(H,5,6). The highest BCUT2D eigenvalue weighted by atomic mass is 28.3. The maximum absolute atomic E-state index is 9.60. The van der Waals surface area contributed by atoms with Crippen LogP contribution in [0.15, 0.2) is 12.2 Å². The molecule has 0 unspecified atom stereocenters. The lowest BCUT2D eigenvalue weighted by Gasteiger charge is -2.15. The van der Waals surface area contributed by atoms with Crippen molar-refractivity contribution in [2.75, 3.05) is 19.8 Å². The molecule has 0 heterocycles. The Balaban J connectivity index is 0. The lowest BCUT2D eigenvalue weighted by Crippen LogP contribution is -2.28. The van der Waals surface area contributed by atoms with Gasteiger partial charge in [-0.05, 0) is 26.2 Å². The van der Waals surface area contributed by atoms with Gasteiger partial charge in [0.05, 0.1) is 0 Å². The first-order valence-electron chi connectivity index (χ1n) is 6.73. The molecule has 0 aliphatic carbocycles. The van der Waals surface area contributed by atoms with Gasteiger partial charge in [-0.1, -0.05) is 27.4 Å². The minimum Gasteiger partial charge on any atom is -0.478 e. The van der Waals surface area contributed by atoms with Crippen molar-refractivity contribution >= 4 is 15.5 Å². The molecular formula is C13H28O5Si.